The Morgan fingerprint density at radius 2 is 1.88 bits per heavy atom. The molecular weight excluding hydrogens is 332 g/mol. The predicted octanol–water partition coefficient (Wildman–Crippen LogP) is 3.36. The number of furan rings is 1. The highest BCUT2D eigenvalue weighted by Gasteiger charge is 2.22. The van der Waals surface area contributed by atoms with Gasteiger partial charge in [-0.25, -0.2) is 4.79 Å². The molecule has 2 unspecified atom stereocenters. The summed E-state index contributed by atoms with van der Waals surface area (Å²) in [6.07, 6.45) is -0.416. The number of guanidine groups is 1. The molecule has 2 atom stereocenters. The average molecular weight is 367 g/mol. The van der Waals surface area contributed by atoms with Crippen LogP contribution in [0.25, 0.3) is 0 Å². The van der Waals surface area contributed by atoms with Crippen LogP contribution in [0.1, 0.15) is 59.1 Å². The van der Waals surface area contributed by atoms with E-state index in [1.165, 1.54) is 0 Å². The molecule has 1 aromatic rings. The van der Waals surface area contributed by atoms with Crippen LogP contribution in [0.3, 0.4) is 0 Å². The van der Waals surface area contributed by atoms with Crippen molar-refractivity contribution in [3.8, 4) is 0 Å². The SMILES string of the molecule is CN=C(NCC(NC(=O)OC(C)(C)C)C(C)C)NC(C)c1ccc(C)o1. The number of rotatable bonds is 6. The first-order valence-corrected chi connectivity index (χ1v) is 9.05. The van der Waals surface area contributed by atoms with Gasteiger partial charge >= 0.3 is 6.09 Å². The lowest BCUT2D eigenvalue weighted by atomic mass is 10.0. The topological polar surface area (TPSA) is 87.9 Å². The van der Waals surface area contributed by atoms with Crippen molar-refractivity contribution in [2.24, 2.45) is 10.9 Å². The summed E-state index contributed by atoms with van der Waals surface area (Å²) >= 11 is 0. The maximum absolute atomic E-state index is 12.0. The fourth-order valence-corrected chi connectivity index (χ4v) is 2.28. The van der Waals surface area contributed by atoms with Crippen molar-refractivity contribution in [2.75, 3.05) is 13.6 Å². The van der Waals surface area contributed by atoms with Crippen molar-refractivity contribution in [2.45, 2.75) is 66.2 Å². The number of hydrogen-bond acceptors (Lipinski definition) is 4. The Labute approximate surface area is 157 Å². The summed E-state index contributed by atoms with van der Waals surface area (Å²) in [6, 6.07) is 3.76. The summed E-state index contributed by atoms with van der Waals surface area (Å²) in [6.45, 7) is 14.1. The molecule has 1 rings (SSSR count). The monoisotopic (exact) mass is 366 g/mol. The summed E-state index contributed by atoms with van der Waals surface area (Å²) < 4.78 is 11.0. The molecule has 0 fully saturated rings. The molecule has 0 saturated carbocycles. The Kier molecular flexibility index (Phi) is 7.99. The van der Waals surface area contributed by atoms with Crippen LogP contribution >= 0.6 is 0 Å². The number of hydrogen-bond donors (Lipinski definition) is 3. The summed E-state index contributed by atoms with van der Waals surface area (Å²) in [5.74, 6) is 2.59. The zero-order chi connectivity index (χ0) is 19.9. The van der Waals surface area contributed by atoms with Crippen LogP contribution in [0.2, 0.25) is 0 Å². The van der Waals surface area contributed by atoms with E-state index in [0.29, 0.717) is 12.5 Å². The van der Waals surface area contributed by atoms with Crippen LogP contribution in [-0.2, 0) is 4.74 Å². The predicted molar refractivity (Wildman–Crippen MR) is 104 cm³/mol. The molecule has 0 aliphatic rings. The van der Waals surface area contributed by atoms with Gasteiger partial charge in [0.2, 0.25) is 0 Å². The molecule has 1 amide bonds. The maximum atomic E-state index is 12.0. The van der Waals surface area contributed by atoms with E-state index in [0.717, 1.165) is 11.5 Å². The van der Waals surface area contributed by atoms with Gasteiger partial charge in [0.25, 0.3) is 0 Å². The summed E-state index contributed by atoms with van der Waals surface area (Å²) in [5, 5.41) is 9.45. The third kappa shape index (κ3) is 7.80. The van der Waals surface area contributed by atoms with Crippen LogP contribution < -0.4 is 16.0 Å². The van der Waals surface area contributed by atoms with Crippen LogP contribution in [-0.4, -0.2) is 37.3 Å². The van der Waals surface area contributed by atoms with Gasteiger partial charge in [-0.05, 0) is 52.7 Å². The Morgan fingerprint density at radius 3 is 2.35 bits per heavy atom. The van der Waals surface area contributed by atoms with Crippen molar-refractivity contribution < 1.29 is 13.9 Å². The molecule has 0 aromatic carbocycles. The molecule has 0 aliphatic carbocycles. The third-order valence-electron chi connectivity index (χ3n) is 3.76. The van der Waals surface area contributed by atoms with Gasteiger partial charge in [0, 0.05) is 13.6 Å². The summed E-state index contributed by atoms with van der Waals surface area (Å²) in [4.78, 5) is 16.3. The van der Waals surface area contributed by atoms with Crippen LogP contribution in [0.15, 0.2) is 21.5 Å². The molecule has 0 radical (unpaired) electrons. The lowest BCUT2D eigenvalue weighted by Gasteiger charge is -2.27. The molecule has 1 heterocycles. The number of nitrogens with one attached hydrogen (secondary N) is 3. The third-order valence-corrected chi connectivity index (χ3v) is 3.76. The zero-order valence-electron chi connectivity index (χ0n) is 17.3. The van der Waals surface area contributed by atoms with Gasteiger partial charge in [-0.2, -0.15) is 0 Å². The van der Waals surface area contributed by atoms with E-state index in [1.54, 1.807) is 7.05 Å². The van der Waals surface area contributed by atoms with Crippen molar-refractivity contribution in [3.63, 3.8) is 0 Å². The molecule has 0 saturated heterocycles. The van der Waals surface area contributed by atoms with E-state index in [1.807, 2.05) is 60.6 Å². The first-order chi connectivity index (χ1) is 12.0. The first-order valence-electron chi connectivity index (χ1n) is 9.05. The second-order valence-electron chi connectivity index (χ2n) is 7.76. The van der Waals surface area contributed by atoms with Gasteiger partial charge in [0.1, 0.15) is 17.1 Å². The van der Waals surface area contributed by atoms with E-state index in [-0.39, 0.29) is 18.0 Å². The van der Waals surface area contributed by atoms with E-state index < -0.39 is 11.7 Å². The van der Waals surface area contributed by atoms with Gasteiger partial charge in [0.05, 0.1) is 12.1 Å². The smallest absolute Gasteiger partial charge is 0.407 e. The second-order valence-corrected chi connectivity index (χ2v) is 7.76. The first kappa shape index (κ1) is 21.9. The van der Waals surface area contributed by atoms with Gasteiger partial charge in [-0.3, -0.25) is 4.99 Å². The molecule has 26 heavy (non-hydrogen) atoms. The van der Waals surface area contributed by atoms with Gasteiger partial charge < -0.3 is 25.1 Å². The molecule has 7 heteroatoms. The minimum absolute atomic E-state index is 0.0220. The Hall–Kier alpha value is -2.18. The Balaban J connectivity index is 2.58. The standard InChI is InChI=1S/C19H34N4O3/c1-12(2)15(23-18(24)26-19(5,6)7)11-21-17(20-8)22-14(4)16-10-9-13(3)25-16/h9-10,12,14-15H,11H2,1-8H3,(H,23,24)(H2,20,21,22). The van der Waals surface area contributed by atoms with Crippen molar-refractivity contribution in [1.29, 1.82) is 0 Å². The maximum Gasteiger partial charge on any atom is 0.407 e. The van der Waals surface area contributed by atoms with Gasteiger partial charge in [-0.15, -0.1) is 0 Å². The van der Waals surface area contributed by atoms with Crippen LogP contribution in [0, 0.1) is 12.8 Å². The fraction of sp³-hybridized carbons (Fsp3) is 0.684. The van der Waals surface area contributed by atoms with E-state index >= 15 is 0 Å². The number of aryl methyl sites for hydroxylation is 1. The highest BCUT2D eigenvalue weighted by molar-refractivity contribution is 5.80. The number of nitrogens with zero attached hydrogens (tertiary/aromatic N) is 1. The minimum Gasteiger partial charge on any atom is -0.464 e. The number of amides is 1. The minimum atomic E-state index is -0.521. The van der Waals surface area contributed by atoms with Gasteiger partial charge in [-0.1, -0.05) is 13.8 Å². The molecular formula is C19H34N4O3. The van der Waals surface area contributed by atoms with Crippen LogP contribution in [0.4, 0.5) is 4.79 Å². The number of alkyl carbamates (subject to hydrolysis) is 1. The highest BCUT2D eigenvalue weighted by atomic mass is 16.6. The summed E-state index contributed by atoms with van der Waals surface area (Å²) in [5.41, 5.74) is -0.521. The molecule has 0 spiro atoms. The van der Waals surface area contributed by atoms with Crippen molar-refractivity contribution >= 4 is 12.1 Å². The molecule has 0 bridgehead atoms. The Morgan fingerprint density at radius 1 is 1.23 bits per heavy atom. The van der Waals surface area contributed by atoms with Crippen molar-refractivity contribution in [3.05, 3.63) is 23.7 Å². The van der Waals surface area contributed by atoms with E-state index in [2.05, 4.69) is 20.9 Å². The lowest BCUT2D eigenvalue weighted by Crippen LogP contribution is -2.50. The van der Waals surface area contributed by atoms with Crippen LogP contribution in [0.5, 0.6) is 0 Å². The fourth-order valence-electron chi connectivity index (χ4n) is 2.28. The summed E-state index contributed by atoms with van der Waals surface area (Å²) in [7, 11) is 1.71. The zero-order valence-corrected chi connectivity index (χ0v) is 17.3. The van der Waals surface area contributed by atoms with Gasteiger partial charge in [0.15, 0.2) is 5.96 Å². The average Bonchev–Trinajstić information content (AvgIpc) is 2.94. The number of ether oxygens (including phenoxy) is 1. The number of aliphatic imine (C=N–C) groups is 1. The molecule has 7 nitrogen and oxygen atoms in total. The molecule has 3 N–H and O–H groups in total. The number of carbonyl (C=O) groups excluding carboxylic acids is 1. The highest BCUT2D eigenvalue weighted by Crippen LogP contribution is 2.15. The quantitative estimate of drug-likeness (QED) is 0.531. The lowest BCUT2D eigenvalue weighted by molar-refractivity contribution is 0.0491. The molecule has 148 valence electrons. The second kappa shape index (κ2) is 9.50. The van der Waals surface area contributed by atoms with Crippen molar-refractivity contribution in [1.82, 2.24) is 16.0 Å². The molecule has 1 aromatic heterocycles. The number of carbonyl (C=O) groups is 1. The van der Waals surface area contributed by atoms with E-state index in [9.17, 15) is 4.79 Å². The van der Waals surface area contributed by atoms with E-state index in [4.69, 9.17) is 9.15 Å². The normalized spacial score (nSPS) is 14.7. The Bertz CT molecular complexity index is 602. The largest absolute Gasteiger partial charge is 0.464 e. The molecule has 0 aliphatic heterocycles.